The van der Waals surface area contributed by atoms with E-state index in [1.165, 1.54) is 11.1 Å². The summed E-state index contributed by atoms with van der Waals surface area (Å²) < 4.78 is 0. The molecule has 0 amide bonds. The number of rotatable bonds is 1. The number of hydrogen-bond acceptors (Lipinski definition) is 2. The lowest BCUT2D eigenvalue weighted by Crippen LogP contribution is -1.99. The fourth-order valence-electron chi connectivity index (χ4n) is 1.79. The van der Waals surface area contributed by atoms with E-state index in [-0.39, 0.29) is 12.2 Å². The molecule has 1 aromatic rings. The van der Waals surface area contributed by atoms with Crippen LogP contribution in [0.3, 0.4) is 0 Å². The Hall–Kier alpha value is -1.38. The molecule has 70 valence electrons. The third kappa shape index (κ3) is 1.20. The lowest BCUT2D eigenvalue weighted by atomic mass is 10.1. The summed E-state index contributed by atoms with van der Waals surface area (Å²) >= 11 is 0. The van der Waals surface area contributed by atoms with Crippen molar-refractivity contribution >= 4 is 6.08 Å². The van der Waals surface area contributed by atoms with E-state index >= 15 is 0 Å². The standard InChI is InChI=1S/C12H10O2/c1-2-4-9(5-3-1)8-10-11-6-7-12(10)14-13-11/h1-8,11-12H. The van der Waals surface area contributed by atoms with E-state index in [4.69, 9.17) is 9.78 Å². The Kier molecular flexibility index (Phi) is 1.76. The van der Waals surface area contributed by atoms with Crippen molar-refractivity contribution in [1.82, 2.24) is 0 Å². The minimum atomic E-state index is 0.0280. The smallest absolute Gasteiger partial charge is 0.136 e. The van der Waals surface area contributed by atoms with Crippen molar-refractivity contribution in [3.05, 3.63) is 53.6 Å². The van der Waals surface area contributed by atoms with Crippen LogP contribution in [0.4, 0.5) is 0 Å². The zero-order valence-electron chi connectivity index (χ0n) is 7.59. The molecule has 1 saturated heterocycles. The Morgan fingerprint density at radius 3 is 2.14 bits per heavy atom. The predicted octanol–water partition coefficient (Wildman–Crippen LogP) is 2.34. The van der Waals surface area contributed by atoms with Gasteiger partial charge in [0, 0.05) is 5.57 Å². The average molecular weight is 186 g/mol. The van der Waals surface area contributed by atoms with E-state index in [2.05, 4.69) is 18.2 Å². The molecular formula is C12H10O2. The van der Waals surface area contributed by atoms with Crippen LogP contribution < -0.4 is 0 Å². The summed E-state index contributed by atoms with van der Waals surface area (Å²) in [6, 6.07) is 10.2. The fourth-order valence-corrected chi connectivity index (χ4v) is 1.79. The molecule has 3 rings (SSSR count). The van der Waals surface area contributed by atoms with Gasteiger partial charge in [-0.05, 0) is 23.8 Å². The molecule has 0 aromatic heterocycles. The van der Waals surface area contributed by atoms with Crippen molar-refractivity contribution in [3.63, 3.8) is 0 Å². The summed E-state index contributed by atoms with van der Waals surface area (Å²) in [5.74, 6) is 0. The first-order chi connectivity index (χ1) is 6.93. The fraction of sp³-hybridized carbons (Fsp3) is 0.167. The van der Waals surface area contributed by atoms with Gasteiger partial charge in [-0.3, -0.25) is 0 Å². The van der Waals surface area contributed by atoms with Crippen LogP contribution in [0.1, 0.15) is 5.56 Å². The first kappa shape index (κ1) is 7.97. The van der Waals surface area contributed by atoms with Crippen LogP contribution in [0.5, 0.6) is 0 Å². The van der Waals surface area contributed by atoms with Gasteiger partial charge < -0.3 is 0 Å². The van der Waals surface area contributed by atoms with Gasteiger partial charge in [0.25, 0.3) is 0 Å². The van der Waals surface area contributed by atoms with Crippen molar-refractivity contribution in [1.29, 1.82) is 0 Å². The summed E-state index contributed by atoms with van der Waals surface area (Å²) in [6.07, 6.45) is 6.24. The van der Waals surface area contributed by atoms with E-state index < -0.39 is 0 Å². The third-order valence-corrected chi connectivity index (χ3v) is 2.51. The van der Waals surface area contributed by atoms with Crippen molar-refractivity contribution in [2.45, 2.75) is 12.2 Å². The highest BCUT2D eigenvalue weighted by atomic mass is 17.2. The largest absolute Gasteiger partial charge is 0.224 e. The van der Waals surface area contributed by atoms with Crippen LogP contribution in [0.15, 0.2) is 48.1 Å². The van der Waals surface area contributed by atoms with Gasteiger partial charge in [0.1, 0.15) is 12.2 Å². The maximum Gasteiger partial charge on any atom is 0.136 e. The van der Waals surface area contributed by atoms with Crippen LogP contribution in [0.2, 0.25) is 0 Å². The zero-order chi connectivity index (χ0) is 9.38. The van der Waals surface area contributed by atoms with E-state index in [0.29, 0.717) is 0 Å². The highest BCUT2D eigenvalue weighted by Gasteiger charge is 2.35. The molecule has 2 atom stereocenters. The molecule has 1 aliphatic heterocycles. The molecule has 14 heavy (non-hydrogen) atoms. The summed E-state index contributed by atoms with van der Waals surface area (Å²) in [5, 5.41) is 0. The second-order valence-corrected chi connectivity index (χ2v) is 3.47. The molecule has 2 unspecified atom stereocenters. The Bertz CT molecular complexity index is 376. The number of hydrogen-bond donors (Lipinski definition) is 0. The minimum absolute atomic E-state index is 0.0280. The van der Waals surface area contributed by atoms with Crippen LogP contribution in [0, 0.1) is 0 Å². The molecule has 1 heterocycles. The van der Waals surface area contributed by atoms with Gasteiger partial charge >= 0.3 is 0 Å². The molecule has 2 heteroatoms. The lowest BCUT2D eigenvalue weighted by molar-refractivity contribution is -0.286. The van der Waals surface area contributed by atoms with Gasteiger partial charge in [0.05, 0.1) is 0 Å². The molecule has 0 saturated carbocycles. The van der Waals surface area contributed by atoms with Gasteiger partial charge in [-0.15, -0.1) is 0 Å². The van der Waals surface area contributed by atoms with Crippen LogP contribution >= 0.6 is 0 Å². The lowest BCUT2D eigenvalue weighted by Gasteiger charge is -1.99. The van der Waals surface area contributed by atoms with Crippen molar-refractivity contribution in [2.75, 3.05) is 0 Å². The molecule has 1 aromatic carbocycles. The van der Waals surface area contributed by atoms with Crippen molar-refractivity contribution < 1.29 is 9.78 Å². The summed E-state index contributed by atoms with van der Waals surface area (Å²) in [6.45, 7) is 0. The van der Waals surface area contributed by atoms with Crippen LogP contribution in [0.25, 0.3) is 6.08 Å². The molecule has 2 bridgehead atoms. The quantitative estimate of drug-likeness (QED) is 0.495. The Labute approximate surface area is 82.4 Å². The molecule has 0 spiro atoms. The van der Waals surface area contributed by atoms with Crippen LogP contribution in [-0.4, -0.2) is 12.2 Å². The van der Waals surface area contributed by atoms with Crippen LogP contribution in [-0.2, 0) is 9.78 Å². The second-order valence-electron chi connectivity index (χ2n) is 3.47. The first-order valence-corrected chi connectivity index (χ1v) is 4.70. The summed E-state index contributed by atoms with van der Waals surface area (Å²) in [7, 11) is 0. The SMILES string of the molecule is C1=CC2OOC1C2=Cc1ccccc1. The maximum atomic E-state index is 5.08. The minimum Gasteiger partial charge on any atom is -0.224 e. The normalized spacial score (nSPS) is 28.4. The Morgan fingerprint density at radius 1 is 0.929 bits per heavy atom. The van der Waals surface area contributed by atoms with Gasteiger partial charge in [-0.2, -0.15) is 0 Å². The second kappa shape index (κ2) is 3.08. The van der Waals surface area contributed by atoms with Crippen molar-refractivity contribution in [2.24, 2.45) is 0 Å². The first-order valence-electron chi connectivity index (χ1n) is 4.70. The van der Waals surface area contributed by atoms with Gasteiger partial charge in [-0.25, -0.2) is 9.78 Å². The topological polar surface area (TPSA) is 18.5 Å². The molecule has 2 aliphatic rings. The monoisotopic (exact) mass is 186 g/mol. The number of fused-ring (bicyclic) bond motifs is 2. The molecule has 2 nitrogen and oxygen atoms in total. The molecular weight excluding hydrogens is 176 g/mol. The zero-order valence-corrected chi connectivity index (χ0v) is 7.59. The summed E-state index contributed by atoms with van der Waals surface area (Å²) in [5.41, 5.74) is 2.38. The average Bonchev–Trinajstić information content (AvgIpc) is 2.80. The molecule has 1 fully saturated rings. The van der Waals surface area contributed by atoms with E-state index in [9.17, 15) is 0 Å². The van der Waals surface area contributed by atoms with Gasteiger partial charge in [0.2, 0.25) is 0 Å². The van der Waals surface area contributed by atoms with E-state index in [1.807, 2.05) is 30.4 Å². The third-order valence-electron chi connectivity index (χ3n) is 2.51. The molecule has 1 aliphatic carbocycles. The maximum absolute atomic E-state index is 5.08. The van der Waals surface area contributed by atoms with Crippen molar-refractivity contribution in [3.8, 4) is 0 Å². The summed E-state index contributed by atoms with van der Waals surface area (Å²) in [4.78, 5) is 10.2. The Morgan fingerprint density at radius 2 is 1.57 bits per heavy atom. The molecule has 0 radical (unpaired) electrons. The number of benzene rings is 1. The Balaban J connectivity index is 1.94. The predicted molar refractivity (Wildman–Crippen MR) is 53.3 cm³/mol. The highest BCUT2D eigenvalue weighted by Crippen LogP contribution is 2.33. The van der Waals surface area contributed by atoms with Gasteiger partial charge in [0.15, 0.2) is 0 Å². The highest BCUT2D eigenvalue weighted by molar-refractivity contribution is 5.58. The molecule has 0 N–H and O–H groups in total. The van der Waals surface area contributed by atoms with E-state index in [0.717, 1.165) is 0 Å². The van der Waals surface area contributed by atoms with Gasteiger partial charge in [-0.1, -0.05) is 30.3 Å². The van der Waals surface area contributed by atoms with E-state index in [1.54, 1.807) is 0 Å².